The molecule has 3 rings (SSSR count). The Kier molecular flexibility index (Phi) is 4.70. The first-order chi connectivity index (χ1) is 12.3. The molecule has 0 bridgehead atoms. The second-order valence-electron chi connectivity index (χ2n) is 5.64. The number of halogens is 3. The highest BCUT2D eigenvalue weighted by Crippen LogP contribution is 2.29. The van der Waals surface area contributed by atoms with Gasteiger partial charge in [-0.2, -0.15) is 18.2 Å². The Hall–Kier alpha value is -2.85. The number of hydrogen-bond donors (Lipinski definition) is 0. The molecule has 0 fully saturated rings. The third-order valence-electron chi connectivity index (χ3n) is 3.72. The minimum atomic E-state index is -4.52. The number of benzene rings is 2. The van der Waals surface area contributed by atoms with Gasteiger partial charge in [0.25, 0.3) is 5.91 Å². The van der Waals surface area contributed by atoms with Gasteiger partial charge in [-0.3, -0.25) is 4.79 Å². The van der Waals surface area contributed by atoms with Crippen molar-refractivity contribution in [3.8, 4) is 12.3 Å². The number of aromatic nitrogens is 1. The van der Waals surface area contributed by atoms with E-state index in [1.807, 2.05) is 25.1 Å². The van der Waals surface area contributed by atoms with Crippen LogP contribution in [0.25, 0.3) is 10.2 Å². The normalized spacial score (nSPS) is 12.3. The van der Waals surface area contributed by atoms with E-state index < -0.39 is 17.6 Å². The maximum Gasteiger partial charge on any atom is 0.416 e. The predicted molar refractivity (Wildman–Crippen MR) is 94.7 cm³/mol. The quantitative estimate of drug-likeness (QED) is 0.612. The average Bonchev–Trinajstić information content (AvgIpc) is 2.91. The van der Waals surface area contributed by atoms with E-state index in [-0.39, 0.29) is 12.1 Å². The van der Waals surface area contributed by atoms with Gasteiger partial charge in [0.05, 0.1) is 22.3 Å². The van der Waals surface area contributed by atoms with Crippen molar-refractivity contribution < 1.29 is 18.0 Å². The van der Waals surface area contributed by atoms with Gasteiger partial charge >= 0.3 is 6.18 Å². The highest BCUT2D eigenvalue weighted by atomic mass is 32.1. The summed E-state index contributed by atoms with van der Waals surface area (Å²) in [5.74, 6) is 1.76. The number of rotatable bonds is 2. The van der Waals surface area contributed by atoms with Crippen LogP contribution >= 0.6 is 11.3 Å². The molecule has 26 heavy (non-hydrogen) atoms. The minimum Gasteiger partial charge on any atom is -0.305 e. The predicted octanol–water partition coefficient (Wildman–Crippen LogP) is 4.40. The number of amides is 1. The third kappa shape index (κ3) is 3.55. The monoisotopic (exact) mass is 374 g/mol. The number of hydrogen-bond acceptors (Lipinski definition) is 2. The molecule has 0 unspecified atom stereocenters. The zero-order valence-corrected chi connectivity index (χ0v) is 14.5. The molecule has 0 spiro atoms. The summed E-state index contributed by atoms with van der Waals surface area (Å²) >= 11 is 1.27. The van der Waals surface area contributed by atoms with E-state index in [9.17, 15) is 18.0 Å². The van der Waals surface area contributed by atoms with Crippen LogP contribution in [-0.2, 0) is 12.7 Å². The minimum absolute atomic E-state index is 0.124. The van der Waals surface area contributed by atoms with Gasteiger partial charge in [0.2, 0.25) is 0 Å². The van der Waals surface area contributed by atoms with Crippen molar-refractivity contribution in [3.05, 3.63) is 64.0 Å². The fraction of sp³-hybridized carbons (Fsp3) is 0.158. The van der Waals surface area contributed by atoms with Crippen LogP contribution in [0.5, 0.6) is 0 Å². The summed E-state index contributed by atoms with van der Waals surface area (Å²) in [5.41, 5.74) is 0.860. The van der Waals surface area contributed by atoms with E-state index in [0.29, 0.717) is 4.80 Å². The molecule has 0 N–H and O–H groups in total. The average molecular weight is 374 g/mol. The molecule has 0 saturated carbocycles. The SMILES string of the molecule is C#CCn1c(=NC(=O)c2cccc(C(F)(F)F)c2)sc2cc(C)ccc21. The van der Waals surface area contributed by atoms with Gasteiger partial charge in [-0.15, -0.1) is 6.42 Å². The van der Waals surface area contributed by atoms with Gasteiger partial charge in [-0.1, -0.05) is 29.4 Å². The Morgan fingerprint density at radius 2 is 2.04 bits per heavy atom. The topological polar surface area (TPSA) is 34.4 Å². The Bertz CT molecular complexity index is 1100. The highest BCUT2D eigenvalue weighted by Gasteiger charge is 2.30. The third-order valence-corrected chi connectivity index (χ3v) is 4.76. The van der Waals surface area contributed by atoms with Gasteiger partial charge in [-0.05, 0) is 42.8 Å². The zero-order valence-electron chi connectivity index (χ0n) is 13.7. The molecule has 0 atom stereocenters. The molecular formula is C19H13F3N2OS. The first kappa shape index (κ1) is 18.0. The smallest absolute Gasteiger partial charge is 0.305 e. The van der Waals surface area contributed by atoms with Crippen LogP contribution in [0.15, 0.2) is 47.5 Å². The van der Waals surface area contributed by atoms with Crippen LogP contribution in [0.4, 0.5) is 13.2 Å². The first-order valence-electron chi connectivity index (χ1n) is 7.59. The number of fused-ring (bicyclic) bond motifs is 1. The largest absolute Gasteiger partial charge is 0.416 e. The maximum atomic E-state index is 12.8. The Balaban J connectivity index is 2.11. The summed E-state index contributed by atoms with van der Waals surface area (Å²) in [5, 5.41) is 0. The Morgan fingerprint density at radius 1 is 1.27 bits per heavy atom. The molecule has 0 aliphatic heterocycles. The first-order valence-corrected chi connectivity index (χ1v) is 8.41. The molecule has 1 amide bonds. The molecular weight excluding hydrogens is 361 g/mol. The number of carbonyl (C=O) groups excluding carboxylic acids is 1. The summed E-state index contributed by atoms with van der Waals surface area (Å²) in [6.07, 6.45) is 0.882. The summed E-state index contributed by atoms with van der Waals surface area (Å²) in [4.78, 5) is 16.8. The molecule has 0 aliphatic rings. The number of aryl methyl sites for hydroxylation is 1. The molecule has 2 aromatic carbocycles. The van der Waals surface area contributed by atoms with E-state index in [4.69, 9.17) is 6.42 Å². The van der Waals surface area contributed by atoms with Gasteiger partial charge < -0.3 is 4.57 Å². The van der Waals surface area contributed by atoms with E-state index >= 15 is 0 Å². The second kappa shape index (κ2) is 6.81. The molecule has 7 heteroatoms. The van der Waals surface area contributed by atoms with Crippen LogP contribution < -0.4 is 4.80 Å². The van der Waals surface area contributed by atoms with E-state index in [0.717, 1.165) is 27.9 Å². The Morgan fingerprint density at radius 3 is 2.73 bits per heavy atom. The van der Waals surface area contributed by atoms with Crippen molar-refractivity contribution in [2.75, 3.05) is 0 Å². The highest BCUT2D eigenvalue weighted by molar-refractivity contribution is 7.16. The maximum absolute atomic E-state index is 12.8. The molecule has 1 aromatic heterocycles. The molecule has 1 heterocycles. The molecule has 0 saturated heterocycles. The number of carbonyl (C=O) groups is 1. The number of alkyl halides is 3. The van der Waals surface area contributed by atoms with Crippen molar-refractivity contribution in [3.63, 3.8) is 0 Å². The number of nitrogens with zero attached hydrogens (tertiary/aromatic N) is 2. The summed E-state index contributed by atoms with van der Waals surface area (Å²) in [7, 11) is 0. The molecule has 3 nitrogen and oxygen atoms in total. The summed E-state index contributed by atoms with van der Waals surface area (Å²) < 4.78 is 41.1. The lowest BCUT2D eigenvalue weighted by molar-refractivity contribution is -0.137. The van der Waals surface area contributed by atoms with Crippen LogP contribution in [0, 0.1) is 19.3 Å². The lowest BCUT2D eigenvalue weighted by Crippen LogP contribution is -2.16. The van der Waals surface area contributed by atoms with Gasteiger partial charge in [0.1, 0.15) is 0 Å². The molecule has 0 aliphatic carbocycles. The van der Waals surface area contributed by atoms with Crippen molar-refractivity contribution >= 4 is 27.5 Å². The van der Waals surface area contributed by atoms with Crippen molar-refractivity contribution in [1.29, 1.82) is 0 Å². The van der Waals surface area contributed by atoms with Crippen LogP contribution in [-0.4, -0.2) is 10.5 Å². The fourth-order valence-electron chi connectivity index (χ4n) is 2.49. The second-order valence-corrected chi connectivity index (χ2v) is 6.65. The lowest BCUT2D eigenvalue weighted by Gasteiger charge is -2.06. The van der Waals surface area contributed by atoms with Crippen molar-refractivity contribution in [2.45, 2.75) is 19.6 Å². The van der Waals surface area contributed by atoms with Crippen molar-refractivity contribution in [1.82, 2.24) is 4.57 Å². The van der Waals surface area contributed by atoms with Crippen LogP contribution in [0.2, 0.25) is 0 Å². The molecule has 3 aromatic rings. The lowest BCUT2D eigenvalue weighted by atomic mass is 10.1. The van der Waals surface area contributed by atoms with Crippen LogP contribution in [0.3, 0.4) is 0 Å². The molecule has 132 valence electrons. The molecule has 0 radical (unpaired) electrons. The van der Waals surface area contributed by atoms with Crippen LogP contribution in [0.1, 0.15) is 21.5 Å². The number of terminal acetylenes is 1. The van der Waals surface area contributed by atoms with E-state index in [2.05, 4.69) is 10.9 Å². The van der Waals surface area contributed by atoms with E-state index in [1.165, 1.54) is 23.5 Å². The summed E-state index contributed by atoms with van der Waals surface area (Å²) in [6.45, 7) is 2.15. The fourth-order valence-corrected chi connectivity index (χ4v) is 3.62. The Labute approximate surface area is 151 Å². The number of thiazole rings is 1. The van der Waals surface area contributed by atoms with Gasteiger partial charge in [-0.25, -0.2) is 0 Å². The van der Waals surface area contributed by atoms with Gasteiger partial charge in [0.15, 0.2) is 4.80 Å². The van der Waals surface area contributed by atoms with E-state index in [1.54, 1.807) is 4.57 Å². The standard InChI is InChI=1S/C19H13F3N2OS/c1-3-9-24-15-8-7-12(2)10-16(15)26-18(24)23-17(25)13-5-4-6-14(11-13)19(20,21)22/h1,4-8,10-11H,9H2,2H3. The zero-order chi connectivity index (χ0) is 18.9. The van der Waals surface area contributed by atoms with Crippen molar-refractivity contribution in [2.24, 2.45) is 4.99 Å². The van der Waals surface area contributed by atoms with Gasteiger partial charge in [0, 0.05) is 5.56 Å². The summed E-state index contributed by atoms with van der Waals surface area (Å²) in [6, 6.07) is 9.96.